The summed E-state index contributed by atoms with van der Waals surface area (Å²) in [5, 5.41) is 0. The number of para-hydroxylation sites is 1. The van der Waals surface area contributed by atoms with Gasteiger partial charge < -0.3 is 9.30 Å². The Morgan fingerprint density at radius 2 is 1.88 bits per heavy atom. The monoisotopic (exact) mass is 386 g/mol. The highest BCUT2D eigenvalue weighted by molar-refractivity contribution is 7.98. The van der Waals surface area contributed by atoms with Crippen LogP contribution >= 0.6 is 23.1 Å². The van der Waals surface area contributed by atoms with Crippen molar-refractivity contribution in [1.82, 2.24) is 4.57 Å². The summed E-state index contributed by atoms with van der Waals surface area (Å²) in [6.45, 7) is 2.10. The largest absolute Gasteiger partial charge is 0.465 e. The topological polar surface area (TPSA) is 60.7 Å². The molecule has 1 aromatic heterocycles. The smallest absolute Gasteiger partial charge is 0.326 e. The van der Waals surface area contributed by atoms with E-state index in [4.69, 9.17) is 4.74 Å². The molecule has 0 radical (unpaired) electrons. The number of thioether (sulfide) groups is 1. The van der Waals surface area contributed by atoms with Gasteiger partial charge in [0.25, 0.3) is 5.91 Å². The van der Waals surface area contributed by atoms with Crippen LogP contribution in [0, 0.1) is 0 Å². The van der Waals surface area contributed by atoms with Crippen LogP contribution in [0.15, 0.2) is 58.4 Å². The lowest BCUT2D eigenvalue weighted by Crippen LogP contribution is -2.23. The fraction of sp³-hybridized carbons (Fsp3) is 0.211. The number of carbonyl (C=O) groups is 2. The van der Waals surface area contributed by atoms with Crippen molar-refractivity contribution in [3.63, 3.8) is 0 Å². The zero-order valence-corrected chi connectivity index (χ0v) is 16.1. The van der Waals surface area contributed by atoms with Gasteiger partial charge in [-0.05, 0) is 49.6 Å². The second-order valence-electron chi connectivity index (χ2n) is 5.39. The van der Waals surface area contributed by atoms with Gasteiger partial charge in [-0.1, -0.05) is 23.5 Å². The van der Waals surface area contributed by atoms with E-state index in [0.29, 0.717) is 17.0 Å². The van der Waals surface area contributed by atoms with E-state index in [0.717, 1.165) is 15.1 Å². The van der Waals surface area contributed by atoms with Crippen molar-refractivity contribution in [3.8, 4) is 0 Å². The van der Waals surface area contributed by atoms with Gasteiger partial charge in [-0.25, -0.2) is 0 Å². The zero-order chi connectivity index (χ0) is 18.5. The van der Waals surface area contributed by atoms with Crippen molar-refractivity contribution in [3.05, 3.63) is 58.9 Å². The second-order valence-corrected chi connectivity index (χ2v) is 7.28. The summed E-state index contributed by atoms with van der Waals surface area (Å²) in [4.78, 5) is 30.4. The molecule has 0 aliphatic rings. The van der Waals surface area contributed by atoms with E-state index >= 15 is 0 Å². The lowest BCUT2D eigenvalue weighted by atomic mass is 10.2. The highest BCUT2D eigenvalue weighted by atomic mass is 32.2. The summed E-state index contributed by atoms with van der Waals surface area (Å²) in [6, 6.07) is 15.0. The molecule has 0 atom stereocenters. The van der Waals surface area contributed by atoms with Crippen LogP contribution in [0.25, 0.3) is 10.2 Å². The first-order valence-electron chi connectivity index (χ1n) is 8.09. The summed E-state index contributed by atoms with van der Waals surface area (Å²) in [5.41, 5.74) is 1.37. The van der Waals surface area contributed by atoms with Crippen LogP contribution in [0.5, 0.6) is 0 Å². The molecule has 26 heavy (non-hydrogen) atoms. The summed E-state index contributed by atoms with van der Waals surface area (Å²) < 4.78 is 7.74. The van der Waals surface area contributed by atoms with Crippen LogP contribution in [-0.2, 0) is 16.1 Å². The van der Waals surface area contributed by atoms with Gasteiger partial charge in [0, 0.05) is 10.5 Å². The molecular formula is C19H18N2O3S2. The molecule has 0 saturated heterocycles. The molecule has 2 aromatic carbocycles. The molecule has 0 saturated carbocycles. The Bertz CT molecular complexity index is 1000. The fourth-order valence-electron chi connectivity index (χ4n) is 2.48. The van der Waals surface area contributed by atoms with E-state index in [2.05, 4.69) is 4.99 Å². The van der Waals surface area contributed by atoms with Crippen LogP contribution < -0.4 is 4.80 Å². The number of nitrogens with zero attached hydrogens (tertiary/aromatic N) is 2. The maximum Gasteiger partial charge on any atom is 0.326 e. The molecule has 0 spiro atoms. The van der Waals surface area contributed by atoms with E-state index in [1.54, 1.807) is 35.4 Å². The minimum absolute atomic E-state index is 0.0232. The van der Waals surface area contributed by atoms with Gasteiger partial charge in [-0.15, -0.1) is 11.8 Å². The van der Waals surface area contributed by atoms with Crippen molar-refractivity contribution in [2.45, 2.75) is 18.4 Å². The Morgan fingerprint density at radius 3 is 2.58 bits per heavy atom. The number of rotatable bonds is 5. The first-order valence-corrected chi connectivity index (χ1v) is 10.1. The SMILES string of the molecule is CCOC(=O)Cn1c(=NC(=O)c2ccc(SC)cc2)sc2ccccc21. The number of aromatic nitrogens is 1. The third kappa shape index (κ3) is 4.05. The predicted octanol–water partition coefficient (Wildman–Crippen LogP) is 3.73. The Hall–Kier alpha value is -2.38. The molecule has 0 aliphatic carbocycles. The normalized spacial score (nSPS) is 11.7. The van der Waals surface area contributed by atoms with Crippen LogP contribution in [0.3, 0.4) is 0 Å². The van der Waals surface area contributed by atoms with Gasteiger partial charge in [0.2, 0.25) is 0 Å². The Labute approximate surface area is 159 Å². The maximum absolute atomic E-state index is 12.6. The number of benzene rings is 2. The minimum atomic E-state index is -0.353. The third-order valence-electron chi connectivity index (χ3n) is 3.71. The van der Waals surface area contributed by atoms with E-state index < -0.39 is 0 Å². The maximum atomic E-state index is 12.6. The molecule has 0 N–H and O–H groups in total. The third-order valence-corrected chi connectivity index (χ3v) is 5.52. The summed E-state index contributed by atoms with van der Waals surface area (Å²) in [5.74, 6) is -0.684. The van der Waals surface area contributed by atoms with Gasteiger partial charge in [0.05, 0.1) is 16.8 Å². The molecule has 134 valence electrons. The number of fused-ring (bicyclic) bond motifs is 1. The molecule has 3 aromatic rings. The number of ether oxygens (including phenoxy) is 1. The van der Waals surface area contributed by atoms with Crippen LogP contribution in [0.4, 0.5) is 0 Å². The highest BCUT2D eigenvalue weighted by Gasteiger charge is 2.12. The number of hydrogen-bond acceptors (Lipinski definition) is 5. The molecule has 0 aliphatic heterocycles. The van der Waals surface area contributed by atoms with Crippen molar-refractivity contribution < 1.29 is 14.3 Å². The molecule has 0 fully saturated rings. The lowest BCUT2D eigenvalue weighted by Gasteiger charge is -2.05. The molecule has 7 heteroatoms. The molecule has 0 bridgehead atoms. The van der Waals surface area contributed by atoms with Crippen LogP contribution in [0.1, 0.15) is 17.3 Å². The van der Waals surface area contributed by atoms with Gasteiger partial charge >= 0.3 is 5.97 Å². The molecule has 1 heterocycles. The van der Waals surface area contributed by atoms with Gasteiger partial charge in [0.15, 0.2) is 4.80 Å². The molecule has 1 amide bonds. The van der Waals surface area contributed by atoms with E-state index in [1.807, 2.05) is 42.7 Å². The molecule has 0 unspecified atom stereocenters. The fourth-order valence-corrected chi connectivity index (χ4v) is 3.92. The van der Waals surface area contributed by atoms with E-state index in [-0.39, 0.29) is 18.4 Å². The van der Waals surface area contributed by atoms with Gasteiger partial charge in [-0.3, -0.25) is 9.59 Å². The number of hydrogen-bond donors (Lipinski definition) is 0. The Morgan fingerprint density at radius 1 is 1.15 bits per heavy atom. The molecular weight excluding hydrogens is 368 g/mol. The minimum Gasteiger partial charge on any atom is -0.465 e. The van der Waals surface area contributed by atoms with Crippen molar-refractivity contribution in [1.29, 1.82) is 0 Å². The van der Waals surface area contributed by atoms with E-state index in [9.17, 15) is 9.59 Å². The first-order chi connectivity index (χ1) is 12.6. The lowest BCUT2D eigenvalue weighted by molar-refractivity contribution is -0.143. The number of thiazole rings is 1. The summed E-state index contributed by atoms with van der Waals surface area (Å²) >= 11 is 2.99. The van der Waals surface area contributed by atoms with E-state index in [1.165, 1.54) is 11.3 Å². The number of carbonyl (C=O) groups excluding carboxylic acids is 2. The average Bonchev–Trinajstić information content (AvgIpc) is 2.99. The van der Waals surface area contributed by atoms with Crippen molar-refractivity contribution in [2.75, 3.05) is 12.9 Å². The zero-order valence-electron chi connectivity index (χ0n) is 14.5. The van der Waals surface area contributed by atoms with Gasteiger partial charge in [0.1, 0.15) is 6.54 Å². The summed E-state index contributed by atoms with van der Waals surface area (Å²) in [7, 11) is 0. The highest BCUT2D eigenvalue weighted by Crippen LogP contribution is 2.18. The van der Waals surface area contributed by atoms with Crippen molar-refractivity contribution >= 4 is 45.2 Å². The van der Waals surface area contributed by atoms with Crippen LogP contribution in [0.2, 0.25) is 0 Å². The predicted molar refractivity (Wildman–Crippen MR) is 105 cm³/mol. The van der Waals surface area contributed by atoms with Crippen LogP contribution in [-0.4, -0.2) is 29.3 Å². The number of amides is 1. The average molecular weight is 386 g/mol. The quantitative estimate of drug-likeness (QED) is 0.495. The van der Waals surface area contributed by atoms with Gasteiger partial charge in [-0.2, -0.15) is 4.99 Å². The number of esters is 1. The Kier molecular flexibility index (Phi) is 5.90. The summed E-state index contributed by atoms with van der Waals surface area (Å²) in [6.07, 6.45) is 1.98. The second kappa shape index (κ2) is 8.33. The molecule has 5 nitrogen and oxygen atoms in total. The standard InChI is InChI=1S/C19H18N2O3S2/c1-3-24-17(22)12-21-15-6-4-5-7-16(15)26-19(21)20-18(23)13-8-10-14(25-2)11-9-13/h4-11H,3,12H2,1-2H3. The van der Waals surface area contributed by atoms with Crippen molar-refractivity contribution in [2.24, 2.45) is 4.99 Å². The first kappa shape index (κ1) is 18.4. The Balaban J connectivity index is 2.03. The molecule has 3 rings (SSSR count).